The predicted octanol–water partition coefficient (Wildman–Crippen LogP) is 3.27. The zero-order valence-corrected chi connectivity index (χ0v) is 16.7. The van der Waals surface area contributed by atoms with Gasteiger partial charge in [-0.15, -0.1) is 0 Å². The summed E-state index contributed by atoms with van der Waals surface area (Å²) in [4.78, 5) is 18.0. The van der Waals surface area contributed by atoms with Crippen molar-refractivity contribution >= 4 is 31.3 Å². The predicted molar refractivity (Wildman–Crippen MR) is 109 cm³/mol. The van der Waals surface area contributed by atoms with Gasteiger partial charge in [0.1, 0.15) is 0 Å². The number of carbonyl (C=O) groups excluding carboxylic acids is 1. The molecular weight excluding hydrogens is 401 g/mol. The average molecular weight is 420 g/mol. The van der Waals surface area contributed by atoms with E-state index >= 15 is 0 Å². The van der Waals surface area contributed by atoms with Crippen LogP contribution in [0.2, 0.25) is 0 Å². The number of rotatable bonds is 5. The SMILES string of the molecule is Cc1ccccc1[Se]C1(Cc2ccccc2)N=C(c2ccccc2)OC1=O. The second-order valence-corrected chi connectivity index (χ2v) is 9.25. The molecule has 1 aliphatic heterocycles. The van der Waals surface area contributed by atoms with Crippen molar-refractivity contribution in [3.8, 4) is 0 Å². The number of esters is 1. The average Bonchev–Trinajstić information content (AvgIpc) is 3.01. The molecule has 0 saturated carbocycles. The zero-order valence-electron chi connectivity index (χ0n) is 15.0. The minimum atomic E-state index is -0.883. The maximum absolute atomic E-state index is 13.1. The molecule has 4 heteroatoms. The van der Waals surface area contributed by atoms with Crippen molar-refractivity contribution in [3.63, 3.8) is 0 Å². The van der Waals surface area contributed by atoms with Gasteiger partial charge in [-0.2, -0.15) is 0 Å². The van der Waals surface area contributed by atoms with Crippen LogP contribution >= 0.6 is 0 Å². The zero-order chi connectivity index (χ0) is 18.7. The quantitative estimate of drug-likeness (QED) is 0.470. The monoisotopic (exact) mass is 421 g/mol. The first-order valence-corrected chi connectivity index (χ1v) is 10.5. The molecule has 0 N–H and O–H groups in total. The van der Waals surface area contributed by atoms with E-state index in [-0.39, 0.29) is 20.9 Å². The van der Waals surface area contributed by atoms with Gasteiger partial charge in [-0.05, 0) is 0 Å². The molecular formula is C23H19NO2Se. The third-order valence-corrected chi connectivity index (χ3v) is 7.45. The maximum atomic E-state index is 13.1. The molecule has 0 saturated heterocycles. The number of aliphatic imine (C=N–C) groups is 1. The summed E-state index contributed by atoms with van der Waals surface area (Å²) in [6, 6.07) is 27.9. The number of benzene rings is 3. The topological polar surface area (TPSA) is 38.7 Å². The molecule has 0 amide bonds. The Morgan fingerprint density at radius 3 is 2.22 bits per heavy atom. The van der Waals surface area contributed by atoms with Crippen LogP contribution in [-0.2, 0) is 16.0 Å². The summed E-state index contributed by atoms with van der Waals surface area (Å²) in [5.41, 5.74) is 3.10. The van der Waals surface area contributed by atoms with Crippen LogP contribution in [0.25, 0.3) is 0 Å². The summed E-state index contributed by atoms with van der Waals surface area (Å²) >= 11 is -0.193. The first-order valence-electron chi connectivity index (χ1n) is 8.82. The normalized spacial score (nSPS) is 18.9. The Kier molecular flexibility index (Phi) is 4.93. The molecule has 3 aromatic carbocycles. The van der Waals surface area contributed by atoms with Crippen LogP contribution in [0.1, 0.15) is 16.7 Å². The number of hydrogen-bond acceptors (Lipinski definition) is 3. The van der Waals surface area contributed by atoms with Gasteiger partial charge in [0.05, 0.1) is 0 Å². The van der Waals surface area contributed by atoms with Crippen molar-refractivity contribution in [2.75, 3.05) is 0 Å². The second-order valence-electron chi connectivity index (χ2n) is 6.49. The standard InChI is InChI=1S/C23H19NO2Se/c1-17-10-8-9-15-20(17)27-23(16-18-11-4-2-5-12-18)22(25)26-21(24-23)19-13-6-3-7-14-19/h2-15H,16H2,1H3. The Morgan fingerprint density at radius 1 is 0.889 bits per heavy atom. The summed E-state index contributed by atoms with van der Waals surface area (Å²) in [6.07, 6.45) is 0.539. The Morgan fingerprint density at radius 2 is 1.52 bits per heavy atom. The first-order chi connectivity index (χ1) is 13.2. The molecule has 1 unspecified atom stereocenters. The van der Waals surface area contributed by atoms with Crippen molar-refractivity contribution in [1.82, 2.24) is 0 Å². The fourth-order valence-electron chi connectivity index (χ4n) is 3.04. The van der Waals surface area contributed by atoms with E-state index in [1.54, 1.807) is 0 Å². The molecule has 1 heterocycles. The summed E-state index contributed by atoms with van der Waals surface area (Å²) < 4.78 is 5.97. The summed E-state index contributed by atoms with van der Waals surface area (Å²) in [6.45, 7) is 2.08. The van der Waals surface area contributed by atoms with Crippen LogP contribution in [0, 0.1) is 6.92 Å². The van der Waals surface area contributed by atoms with E-state index in [1.165, 1.54) is 10.0 Å². The molecule has 0 bridgehead atoms. The van der Waals surface area contributed by atoms with Gasteiger partial charge in [0.2, 0.25) is 0 Å². The number of nitrogens with zero attached hydrogens (tertiary/aromatic N) is 1. The molecule has 0 spiro atoms. The van der Waals surface area contributed by atoms with Crippen LogP contribution < -0.4 is 4.46 Å². The molecule has 4 rings (SSSR count). The van der Waals surface area contributed by atoms with Gasteiger partial charge < -0.3 is 0 Å². The second kappa shape index (κ2) is 7.51. The van der Waals surface area contributed by atoms with E-state index in [0.717, 1.165) is 11.1 Å². The van der Waals surface area contributed by atoms with Gasteiger partial charge in [0, 0.05) is 0 Å². The Balaban J connectivity index is 1.77. The van der Waals surface area contributed by atoms with Gasteiger partial charge in [-0.1, -0.05) is 0 Å². The van der Waals surface area contributed by atoms with Crippen LogP contribution in [0.15, 0.2) is 89.9 Å². The minimum absolute atomic E-state index is 0.193. The summed E-state index contributed by atoms with van der Waals surface area (Å²) in [7, 11) is 0. The molecule has 0 fully saturated rings. The Labute approximate surface area is 165 Å². The van der Waals surface area contributed by atoms with E-state index in [0.29, 0.717) is 12.3 Å². The van der Waals surface area contributed by atoms with Crippen LogP contribution in [0.5, 0.6) is 0 Å². The van der Waals surface area contributed by atoms with Gasteiger partial charge >= 0.3 is 165 Å². The summed E-state index contributed by atoms with van der Waals surface area (Å²) in [5.74, 6) is 0.167. The number of aryl methyl sites for hydroxylation is 1. The number of cyclic esters (lactones) is 1. The number of hydrogen-bond donors (Lipinski definition) is 0. The molecule has 3 aromatic rings. The van der Waals surface area contributed by atoms with Gasteiger partial charge in [-0.25, -0.2) is 0 Å². The van der Waals surface area contributed by atoms with Crippen LogP contribution in [-0.4, -0.2) is 31.3 Å². The number of carbonyl (C=O) groups is 1. The van der Waals surface area contributed by atoms with Crippen LogP contribution in [0.4, 0.5) is 0 Å². The molecule has 1 aliphatic rings. The van der Waals surface area contributed by atoms with Gasteiger partial charge in [-0.3, -0.25) is 0 Å². The fraction of sp³-hybridized carbons (Fsp3) is 0.130. The third-order valence-electron chi connectivity index (χ3n) is 4.47. The van der Waals surface area contributed by atoms with E-state index < -0.39 is 4.44 Å². The molecule has 1 atom stereocenters. The van der Waals surface area contributed by atoms with Crippen molar-refractivity contribution in [2.24, 2.45) is 4.99 Å². The third kappa shape index (κ3) is 3.73. The molecule has 134 valence electrons. The van der Waals surface area contributed by atoms with Crippen molar-refractivity contribution in [3.05, 3.63) is 102 Å². The fourth-order valence-corrected chi connectivity index (χ4v) is 5.63. The van der Waals surface area contributed by atoms with Gasteiger partial charge in [0.15, 0.2) is 0 Å². The molecule has 0 aliphatic carbocycles. The number of ether oxygens (including phenoxy) is 1. The molecule has 0 aromatic heterocycles. The van der Waals surface area contributed by atoms with Crippen molar-refractivity contribution in [1.29, 1.82) is 0 Å². The van der Waals surface area contributed by atoms with E-state index in [4.69, 9.17) is 9.73 Å². The first kappa shape index (κ1) is 17.7. The Bertz CT molecular complexity index is 986. The van der Waals surface area contributed by atoms with E-state index in [9.17, 15) is 4.79 Å². The molecule has 0 radical (unpaired) electrons. The van der Waals surface area contributed by atoms with Crippen LogP contribution in [0.3, 0.4) is 0 Å². The molecule has 3 nitrogen and oxygen atoms in total. The van der Waals surface area contributed by atoms with E-state index in [1.807, 2.05) is 72.8 Å². The summed E-state index contributed by atoms with van der Waals surface area (Å²) in [5, 5.41) is 0. The van der Waals surface area contributed by atoms with Crippen molar-refractivity contribution < 1.29 is 9.53 Å². The Hall–Kier alpha value is -2.68. The van der Waals surface area contributed by atoms with Crippen molar-refractivity contribution in [2.45, 2.75) is 17.8 Å². The van der Waals surface area contributed by atoms with Gasteiger partial charge in [0.25, 0.3) is 0 Å². The molecule has 27 heavy (non-hydrogen) atoms. The van der Waals surface area contributed by atoms with E-state index in [2.05, 4.69) is 19.1 Å².